The molecular weight excluding hydrogens is 265 g/mol. The highest BCUT2D eigenvalue weighted by Crippen LogP contribution is 2.30. The summed E-state index contributed by atoms with van der Waals surface area (Å²) in [4.78, 5) is 0. The molecule has 3 heteroatoms. The Bertz CT molecular complexity index is 390. The maximum atomic E-state index is 6.24. The molecule has 1 N–H and O–H groups in total. The maximum Gasteiger partial charge on any atom is 0.0439 e. The molecule has 0 spiro atoms. The lowest BCUT2D eigenvalue weighted by Gasteiger charge is -2.30. The predicted octanol–water partition coefficient (Wildman–Crippen LogP) is 4.70. The van der Waals surface area contributed by atoms with Crippen molar-refractivity contribution in [1.82, 2.24) is 5.32 Å². The molecule has 2 atom stereocenters. The molecule has 0 aliphatic heterocycles. The van der Waals surface area contributed by atoms with Crippen LogP contribution in [-0.2, 0) is 6.42 Å². The summed E-state index contributed by atoms with van der Waals surface area (Å²) in [5.74, 6) is 0.735. The molecule has 100 valence electrons. The fraction of sp³-hybridized carbons (Fsp3) is 0.600. The monoisotopic (exact) mass is 285 g/mol. The van der Waals surface area contributed by atoms with Crippen molar-refractivity contribution in [3.63, 3.8) is 0 Å². The van der Waals surface area contributed by atoms with Crippen LogP contribution >= 0.6 is 23.2 Å². The lowest BCUT2D eigenvalue weighted by Crippen LogP contribution is -2.34. The molecule has 0 aromatic heterocycles. The molecule has 1 aromatic carbocycles. The zero-order valence-corrected chi connectivity index (χ0v) is 12.4. The number of hydrogen-bond acceptors (Lipinski definition) is 1. The summed E-state index contributed by atoms with van der Waals surface area (Å²) in [6.45, 7) is 3.24. The van der Waals surface area contributed by atoms with Crippen molar-refractivity contribution in [1.29, 1.82) is 0 Å². The van der Waals surface area contributed by atoms with Gasteiger partial charge in [0.1, 0.15) is 0 Å². The molecule has 2 unspecified atom stereocenters. The van der Waals surface area contributed by atoms with Gasteiger partial charge >= 0.3 is 0 Å². The summed E-state index contributed by atoms with van der Waals surface area (Å²) in [7, 11) is 0. The van der Waals surface area contributed by atoms with Crippen LogP contribution in [-0.4, -0.2) is 12.6 Å². The van der Waals surface area contributed by atoms with Gasteiger partial charge in [0.2, 0.25) is 0 Å². The van der Waals surface area contributed by atoms with Crippen molar-refractivity contribution in [2.75, 3.05) is 6.54 Å². The van der Waals surface area contributed by atoms with Gasteiger partial charge in [0.05, 0.1) is 0 Å². The van der Waals surface area contributed by atoms with Crippen molar-refractivity contribution < 1.29 is 0 Å². The second-order valence-corrected chi connectivity index (χ2v) is 6.07. The highest BCUT2D eigenvalue weighted by Gasteiger charge is 2.22. The summed E-state index contributed by atoms with van der Waals surface area (Å²) in [6, 6.07) is 6.46. The summed E-state index contributed by atoms with van der Waals surface area (Å²) in [5, 5.41) is 5.20. The van der Waals surface area contributed by atoms with Crippen LogP contribution in [0.1, 0.15) is 38.2 Å². The second-order valence-electron chi connectivity index (χ2n) is 5.23. The van der Waals surface area contributed by atoms with Crippen molar-refractivity contribution in [3.05, 3.63) is 33.8 Å². The van der Waals surface area contributed by atoms with E-state index in [-0.39, 0.29) is 0 Å². The number of hydrogen-bond donors (Lipinski definition) is 1. The van der Waals surface area contributed by atoms with Crippen LogP contribution in [0.4, 0.5) is 0 Å². The molecule has 1 aliphatic carbocycles. The summed E-state index contributed by atoms with van der Waals surface area (Å²) < 4.78 is 0. The third-order valence-corrected chi connectivity index (χ3v) is 4.40. The topological polar surface area (TPSA) is 12.0 Å². The fourth-order valence-corrected chi connectivity index (χ4v) is 3.35. The standard InChI is InChI=1S/C15H21Cl2N/c1-2-18-14-5-3-4-11(9-14)8-12-10-13(16)6-7-15(12)17/h6-7,10-11,14,18H,2-5,8-9H2,1H3. The maximum absolute atomic E-state index is 6.24. The molecule has 1 aliphatic rings. The van der Waals surface area contributed by atoms with Crippen molar-refractivity contribution >= 4 is 23.2 Å². The van der Waals surface area contributed by atoms with E-state index < -0.39 is 0 Å². The SMILES string of the molecule is CCNC1CCCC(Cc2cc(Cl)ccc2Cl)C1. The van der Waals surface area contributed by atoms with Crippen LogP contribution in [0.25, 0.3) is 0 Å². The van der Waals surface area contributed by atoms with Crippen LogP contribution in [0.2, 0.25) is 10.0 Å². The van der Waals surface area contributed by atoms with Gasteiger partial charge in [0.25, 0.3) is 0 Å². The summed E-state index contributed by atoms with van der Waals surface area (Å²) >= 11 is 12.3. The van der Waals surface area contributed by atoms with Gasteiger partial charge in [-0.05, 0) is 55.5 Å². The minimum atomic E-state index is 0.687. The van der Waals surface area contributed by atoms with Gasteiger partial charge < -0.3 is 5.32 Å². The number of rotatable bonds is 4. The fourth-order valence-electron chi connectivity index (χ4n) is 2.96. The Kier molecular flexibility index (Phi) is 5.35. The second kappa shape index (κ2) is 6.79. The zero-order chi connectivity index (χ0) is 13.0. The van der Waals surface area contributed by atoms with Gasteiger partial charge in [0, 0.05) is 16.1 Å². The molecule has 0 amide bonds. The Morgan fingerprint density at radius 3 is 2.89 bits per heavy atom. The zero-order valence-electron chi connectivity index (χ0n) is 10.9. The van der Waals surface area contributed by atoms with E-state index in [0.717, 1.165) is 28.9 Å². The molecule has 0 saturated heterocycles. The van der Waals surface area contributed by atoms with Crippen LogP contribution in [0.5, 0.6) is 0 Å². The minimum Gasteiger partial charge on any atom is -0.314 e. The lowest BCUT2D eigenvalue weighted by molar-refractivity contribution is 0.287. The Morgan fingerprint density at radius 2 is 2.11 bits per heavy atom. The average Bonchev–Trinajstić information content (AvgIpc) is 2.35. The first kappa shape index (κ1) is 14.2. The quantitative estimate of drug-likeness (QED) is 0.845. The van der Waals surface area contributed by atoms with E-state index in [1.54, 1.807) is 0 Å². The number of halogens is 2. The molecule has 1 aromatic rings. The van der Waals surface area contributed by atoms with Crippen LogP contribution in [0, 0.1) is 5.92 Å². The van der Waals surface area contributed by atoms with Gasteiger partial charge in [-0.1, -0.05) is 43.0 Å². The van der Waals surface area contributed by atoms with E-state index in [2.05, 4.69) is 12.2 Å². The first-order chi connectivity index (χ1) is 8.69. The predicted molar refractivity (Wildman–Crippen MR) is 79.6 cm³/mol. The van der Waals surface area contributed by atoms with Crippen molar-refractivity contribution in [2.45, 2.75) is 45.1 Å². The van der Waals surface area contributed by atoms with Crippen LogP contribution < -0.4 is 5.32 Å². The Morgan fingerprint density at radius 1 is 1.28 bits per heavy atom. The van der Waals surface area contributed by atoms with E-state index >= 15 is 0 Å². The van der Waals surface area contributed by atoms with Gasteiger partial charge in [-0.2, -0.15) is 0 Å². The molecular formula is C15H21Cl2N. The Hall–Kier alpha value is -0.240. The average molecular weight is 286 g/mol. The van der Waals surface area contributed by atoms with Gasteiger partial charge in [0.15, 0.2) is 0 Å². The molecule has 0 bridgehead atoms. The van der Waals surface area contributed by atoms with Gasteiger partial charge in [-0.15, -0.1) is 0 Å². The van der Waals surface area contributed by atoms with Gasteiger partial charge in [-0.3, -0.25) is 0 Å². The summed E-state index contributed by atoms with van der Waals surface area (Å²) in [5.41, 5.74) is 1.20. The number of nitrogens with one attached hydrogen (secondary N) is 1. The van der Waals surface area contributed by atoms with E-state index in [4.69, 9.17) is 23.2 Å². The largest absolute Gasteiger partial charge is 0.314 e. The molecule has 0 radical (unpaired) electrons. The third-order valence-electron chi connectivity index (χ3n) is 3.79. The van der Waals surface area contributed by atoms with Crippen LogP contribution in [0.15, 0.2) is 18.2 Å². The van der Waals surface area contributed by atoms with E-state index in [9.17, 15) is 0 Å². The first-order valence-corrected chi connectivity index (χ1v) is 7.62. The van der Waals surface area contributed by atoms with Crippen molar-refractivity contribution in [3.8, 4) is 0 Å². The van der Waals surface area contributed by atoms with E-state index in [1.165, 1.54) is 31.2 Å². The van der Waals surface area contributed by atoms with Crippen LogP contribution in [0.3, 0.4) is 0 Å². The number of benzene rings is 1. The normalized spacial score (nSPS) is 24.2. The van der Waals surface area contributed by atoms with E-state index in [1.807, 2.05) is 18.2 Å². The highest BCUT2D eigenvalue weighted by molar-refractivity contribution is 6.33. The molecule has 1 fully saturated rings. The first-order valence-electron chi connectivity index (χ1n) is 6.86. The van der Waals surface area contributed by atoms with Crippen molar-refractivity contribution in [2.24, 2.45) is 5.92 Å². The summed E-state index contributed by atoms with van der Waals surface area (Å²) in [6.07, 6.45) is 6.26. The smallest absolute Gasteiger partial charge is 0.0439 e. The highest BCUT2D eigenvalue weighted by atomic mass is 35.5. The molecule has 2 rings (SSSR count). The van der Waals surface area contributed by atoms with Gasteiger partial charge in [-0.25, -0.2) is 0 Å². The Labute approximate surface area is 120 Å². The molecule has 0 heterocycles. The molecule has 1 saturated carbocycles. The minimum absolute atomic E-state index is 0.687. The molecule has 1 nitrogen and oxygen atoms in total. The lowest BCUT2D eigenvalue weighted by atomic mass is 9.82. The molecule has 18 heavy (non-hydrogen) atoms. The Balaban J connectivity index is 1.98. The van der Waals surface area contributed by atoms with E-state index in [0.29, 0.717) is 6.04 Å². The third kappa shape index (κ3) is 3.88.